The van der Waals surface area contributed by atoms with Gasteiger partial charge in [0.15, 0.2) is 0 Å². The van der Waals surface area contributed by atoms with Crippen LogP contribution in [0.2, 0.25) is 0 Å². The van der Waals surface area contributed by atoms with Gasteiger partial charge >= 0.3 is 6.18 Å². The molecule has 2 saturated heterocycles. The molecular weight excluding hydrogens is 464 g/mol. The number of piperazine rings is 1. The second-order valence-corrected chi connectivity index (χ2v) is 10.5. The summed E-state index contributed by atoms with van der Waals surface area (Å²) in [6.07, 6.45) is -2.67. The summed E-state index contributed by atoms with van der Waals surface area (Å²) in [5.41, 5.74) is -0.433. The molecule has 0 bridgehead atoms. The van der Waals surface area contributed by atoms with E-state index in [1.54, 1.807) is 15.9 Å². The molecule has 2 aliphatic rings. The molecule has 3 heterocycles. The molecule has 1 amide bonds. The SMILES string of the molecule is O=C(C1CCS(=O)(=O)CC1)N1CCN(c2ncc(C(F)(F)F)cn2)CC1c1cccc(F)c1. The van der Waals surface area contributed by atoms with Crippen molar-refractivity contribution >= 4 is 21.7 Å². The van der Waals surface area contributed by atoms with Crippen LogP contribution in [0.1, 0.15) is 30.0 Å². The Labute approximate surface area is 188 Å². The third kappa shape index (κ3) is 5.26. The molecule has 1 aromatic heterocycles. The number of anilines is 1. The summed E-state index contributed by atoms with van der Waals surface area (Å²) in [6, 6.07) is 5.20. The van der Waals surface area contributed by atoms with Crippen molar-refractivity contribution in [2.75, 3.05) is 36.0 Å². The van der Waals surface area contributed by atoms with Crippen LogP contribution in [0, 0.1) is 11.7 Å². The number of carbonyl (C=O) groups excluding carboxylic acids is 1. The molecule has 0 spiro atoms. The van der Waals surface area contributed by atoms with Crippen LogP contribution in [0.5, 0.6) is 0 Å². The Kier molecular flexibility index (Phi) is 6.30. The fraction of sp³-hybridized carbons (Fsp3) is 0.476. The van der Waals surface area contributed by atoms with Crippen molar-refractivity contribution in [1.82, 2.24) is 14.9 Å². The number of benzene rings is 1. The number of halogens is 4. The van der Waals surface area contributed by atoms with Crippen molar-refractivity contribution in [1.29, 1.82) is 0 Å². The highest BCUT2D eigenvalue weighted by Gasteiger charge is 2.38. The summed E-state index contributed by atoms with van der Waals surface area (Å²) in [4.78, 5) is 24.2. The van der Waals surface area contributed by atoms with Gasteiger partial charge in [0.25, 0.3) is 0 Å². The monoisotopic (exact) mass is 486 g/mol. The average Bonchev–Trinajstić information content (AvgIpc) is 2.78. The van der Waals surface area contributed by atoms with Crippen molar-refractivity contribution in [3.05, 3.63) is 53.6 Å². The van der Waals surface area contributed by atoms with Gasteiger partial charge in [-0.2, -0.15) is 13.2 Å². The number of alkyl halides is 3. The highest BCUT2D eigenvalue weighted by Crippen LogP contribution is 2.32. The Hall–Kier alpha value is -2.76. The number of hydrogen-bond donors (Lipinski definition) is 0. The molecule has 0 aliphatic carbocycles. The first-order chi connectivity index (χ1) is 15.5. The Bertz CT molecular complexity index is 1110. The van der Waals surface area contributed by atoms with Crippen LogP contribution < -0.4 is 4.90 Å². The van der Waals surface area contributed by atoms with Gasteiger partial charge in [0, 0.05) is 37.9 Å². The van der Waals surface area contributed by atoms with Gasteiger partial charge in [0.1, 0.15) is 15.7 Å². The fourth-order valence-electron chi connectivity index (χ4n) is 4.23. The molecule has 4 rings (SSSR count). The number of nitrogens with zero attached hydrogens (tertiary/aromatic N) is 4. The van der Waals surface area contributed by atoms with Gasteiger partial charge in [-0.3, -0.25) is 4.79 Å². The molecule has 0 radical (unpaired) electrons. The average molecular weight is 486 g/mol. The van der Waals surface area contributed by atoms with E-state index in [0.717, 1.165) is 0 Å². The largest absolute Gasteiger partial charge is 0.419 e. The highest BCUT2D eigenvalue weighted by molar-refractivity contribution is 7.91. The van der Waals surface area contributed by atoms with Crippen LogP contribution in [0.3, 0.4) is 0 Å². The summed E-state index contributed by atoms with van der Waals surface area (Å²) in [7, 11) is -3.14. The minimum atomic E-state index is -4.55. The lowest BCUT2D eigenvalue weighted by Crippen LogP contribution is -2.53. The van der Waals surface area contributed by atoms with Gasteiger partial charge in [-0.15, -0.1) is 0 Å². The lowest BCUT2D eigenvalue weighted by atomic mass is 9.96. The van der Waals surface area contributed by atoms with Gasteiger partial charge < -0.3 is 9.80 Å². The maximum absolute atomic E-state index is 14.0. The van der Waals surface area contributed by atoms with Crippen LogP contribution in [0.15, 0.2) is 36.7 Å². The van der Waals surface area contributed by atoms with Crippen molar-refractivity contribution in [2.24, 2.45) is 5.92 Å². The second kappa shape index (κ2) is 8.88. The Morgan fingerprint density at radius 1 is 1.06 bits per heavy atom. The third-order valence-electron chi connectivity index (χ3n) is 6.05. The first-order valence-electron chi connectivity index (χ1n) is 10.4. The van der Waals surface area contributed by atoms with Gasteiger partial charge in [0.2, 0.25) is 11.9 Å². The molecular formula is C21H22F4N4O3S. The number of carbonyl (C=O) groups is 1. The third-order valence-corrected chi connectivity index (χ3v) is 7.76. The molecule has 33 heavy (non-hydrogen) atoms. The molecule has 2 aromatic rings. The van der Waals surface area contributed by atoms with E-state index in [-0.39, 0.29) is 55.8 Å². The zero-order chi connectivity index (χ0) is 23.8. The molecule has 0 saturated carbocycles. The summed E-state index contributed by atoms with van der Waals surface area (Å²) in [6.45, 7) is 0.646. The van der Waals surface area contributed by atoms with E-state index in [1.807, 2.05) is 0 Å². The Morgan fingerprint density at radius 2 is 1.73 bits per heavy atom. The molecule has 0 N–H and O–H groups in total. The molecule has 1 atom stereocenters. The molecule has 1 unspecified atom stereocenters. The quantitative estimate of drug-likeness (QED) is 0.621. The molecule has 12 heteroatoms. The topological polar surface area (TPSA) is 83.5 Å². The van der Waals surface area contributed by atoms with Crippen LogP contribution >= 0.6 is 0 Å². The minimum absolute atomic E-state index is 0.0482. The van der Waals surface area contributed by atoms with Gasteiger partial charge in [-0.05, 0) is 30.5 Å². The normalized spacial score (nSPS) is 21.8. The molecule has 7 nitrogen and oxygen atoms in total. The minimum Gasteiger partial charge on any atom is -0.337 e. The first kappa shape index (κ1) is 23.4. The van der Waals surface area contributed by atoms with Gasteiger partial charge in [-0.1, -0.05) is 12.1 Å². The molecule has 178 valence electrons. The zero-order valence-electron chi connectivity index (χ0n) is 17.5. The number of sulfone groups is 1. The van der Waals surface area contributed by atoms with Crippen LogP contribution in [0.4, 0.5) is 23.5 Å². The molecule has 2 fully saturated rings. The van der Waals surface area contributed by atoms with E-state index in [0.29, 0.717) is 18.0 Å². The number of rotatable bonds is 3. The van der Waals surface area contributed by atoms with E-state index < -0.39 is 39.4 Å². The van der Waals surface area contributed by atoms with Gasteiger partial charge in [-0.25, -0.2) is 22.8 Å². The summed E-state index contributed by atoms with van der Waals surface area (Å²) >= 11 is 0. The Balaban J connectivity index is 1.58. The second-order valence-electron chi connectivity index (χ2n) is 8.24. The summed E-state index contributed by atoms with van der Waals surface area (Å²) < 4.78 is 76.0. The number of aromatic nitrogens is 2. The number of amides is 1. The van der Waals surface area contributed by atoms with Gasteiger partial charge in [0.05, 0.1) is 23.1 Å². The van der Waals surface area contributed by atoms with E-state index in [9.17, 15) is 30.8 Å². The molecule has 2 aliphatic heterocycles. The first-order valence-corrected chi connectivity index (χ1v) is 12.3. The van der Waals surface area contributed by atoms with Crippen molar-refractivity contribution < 1.29 is 30.8 Å². The predicted molar refractivity (Wildman–Crippen MR) is 111 cm³/mol. The fourth-order valence-corrected chi connectivity index (χ4v) is 5.72. The highest BCUT2D eigenvalue weighted by atomic mass is 32.2. The van der Waals surface area contributed by atoms with E-state index >= 15 is 0 Å². The lowest BCUT2D eigenvalue weighted by molar-refractivity contribution is -0.139. The lowest BCUT2D eigenvalue weighted by Gasteiger charge is -2.43. The van der Waals surface area contributed by atoms with Crippen LogP contribution in [-0.4, -0.2) is 60.3 Å². The maximum atomic E-state index is 14.0. The van der Waals surface area contributed by atoms with E-state index in [1.165, 1.54) is 18.2 Å². The van der Waals surface area contributed by atoms with E-state index in [4.69, 9.17) is 0 Å². The van der Waals surface area contributed by atoms with E-state index in [2.05, 4.69) is 9.97 Å². The van der Waals surface area contributed by atoms with Crippen molar-refractivity contribution in [3.63, 3.8) is 0 Å². The van der Waals surface area contributed by atoms with Crippen molar-refractivity contribution in [3.8, 4) is 0 Å². The summed E-state index contributed by atoms with van der Waals surface area (Å²) in [5, 5.41) is 0. The maximum Gasteiger partial charge on any atom is 0.419 e. The predicted octanol–water partition coefficient (Wildman–Crippen LogP) is 2.85. The van der Waals surface area contributed by atoms with Crippen molar-refractivity contribution in [2.45, 2.75) is 25.1 Å². The van der Waals surface area contributed by atoms with Crippen LogP contribution in [-0.2, 0) is 20.8 Å². The molecule has 1 aromatic carbocycles. The number of hydrogen-bond acceptors (Lipinski definition) is 6. The zero-order valence-corrected chi connectivity index (χ0v) is 18.3. The Morgan fingerprint density at radius 3 is 2.33 bits per heavy atom. The van der Waals surface area contributed by atoms with Crippen LogP contribution in [0.25, 0.3) is 0 Å². The smallest absolute Gasteiger partial charge is 0.337 e. The summed E-state index contributed by atoms with van der Waals surface area (Å²) in [5.74, 6) is -1.14. The standard InChI is InChI=1S/C21H22F4N4O3S/c22-17-3-1-2-15(10-17)18-13-28(20-26-11-16(12-27-20)21(23,24)25)6-7-29(18)19(30)14-4-8-33(31,32)9-5-14/h1-3,10-12,14,18H,4-9,13H2.